The molecule has 102 valence electrons. The molecule has 3 nitrogen and oxygen atoms in total. The number of halogens is 6. The first kappa shape index (κ1) is 14.9. The van der Waals surface area contributed by atoms with Crippen LogP contribution < -0.4 is 4.74 Å². The molecule has 0 saturated heterocycles. The number of pyridine rings is 1. The number of hydrogen-bond acceptors (Lipinski definition) is 3. The summed E-state index contributed by atoms with van der Waals surface area (Å²) < 4.78 is 64.9. The molecule has 0 radical (unpaired) electrons. The van der Waals surface area contributed by atoms with Gasteiger partial charge in [0.25, 0.3) is 6.43 Å². The van der Waals surface area contributed by atoms with E-state index in [4.69, 9.17) is 16.7 Å². The number of aliphatic hydroxyl groups excluding tert-OH is 1. The zero-order valence-corrected chi connectivity index (χ0v) is 9.40. The molecule has 0 atom stereocenters. The van der Waals surface area contributed by atoms with Crippen molar-refractivity contribution in [3.05, 3.63) is 22.9 Å². The van der Waals surface area contributed by atoms with E-state index in [0.29, 0.717) is 0 Å². The number of rotatable bonds is 4. The Morgan fingerprint density at radius 2 is 2.00 bits per heavy atom. The van der Waals surface area contributed by atoms with E-state index in [9.17, 15) is 22.0 Å². The highest BCUT2D eigenvalue weighted by Crippen LogP contribution is 2.32. The lowest BCUT2D eigenvalue weighted by Gasteiger charge is -2.15. The summed E-state index contributed by atoms with van der Waals surface area (Å²) in [6.45, 7) is -1.05. The summed E-state index contributed by atoms with van der Waals surface area (Å²) in [5.41, 5.74) is -1.71. The van der Waals surface area contributed by atoms with Gasteiger partial charge in [0.05, 0.1) is 18.2 Å². The number of nitrogens with zero attached hydrogens (tertiary/aromatic N) is 1. The molecule has 1 aromatic heterocycles. The van der Waals surface area contributed by atoms with Gasteiger partial charge in [0.1, 0.15) is 0 Å². The minimum atomic E-state index is -5.10. The zero-order chi connectivity index (χ0) is 13.9. The second-order valence-electron chi connectivity index (χ2n) is 3.13. The highest BCUT2D eigenvalue weighted by Gasteiger charge is 2.34. The van der Waals surface area contributed by atoms with Crippen molar-refractivity contribution in [1.29, 1.82) is 0 Å². The summed E-state index contributed by atoms with van der Waals surface area (Å²) in [6.07, 6.45) is -8.17. The summed E-state index contributed by atoms with van der Waals surface area (Å²) in [6, 6.07) is 0.826. The van der Waals surface area contributed by atoms with Gasteiger partial charge in [-0.1, -0.05) is 0 Å². The van der Waals surface area contributed by atoms with Crippen LogP contribution in [0.1, 0.15) is 23.2 Å². The normalized spacial score (nSPS) is 12.0. The van der Waals surface area contributed by atoms with Crippen molar-refractivity contribution in [3.63, 3.8) is 0 Å². The highest BCUT2D eigenvalue weighted by molar-refractivity contribution is 6.16. The first-order valence-corrected chi connectivity index (χ1v) is 5.05. The fraction of sp³-hybridized carbons (Fsp3) is 0.444. The number of aliphatic hydroxyl groups is 1. The van der Waals surface area contributed by atoms with Crippen LogP contribution in [0.3, 0.4) is 0 Å². The minimum absolute atomic E-state index is 0.205. The molecule has 0 aliphatic rings. The molecule has 0 fully saturated rings. The van der Waals surface area contributed by atoms with Crippen LogP contribution in [-0.2, 0) is 12.5 Å². The monoisotopic (exact) mass is 291 g/mol. The van der Waals surface area contributed by atoms with Crippen LogP contribution in [0, 0.1) is 0 Å². The van der Waals surface area contributed by atoms with Crippen molar-refractivity contribution in [2.24, 2.45) is 0 Å². The largest absolute Gasteiger partial charge is 0.574 e. The first-order chi connectivity index (χ1) is 8.28. The first-order valence-electron chi connectivity index (χ1n) is 4.52. The number of alkyl halides is 6. The number of hydrogen-bond donors (Lipinski definition) is 1. The minimum Gasteiger partial charge on any atom is -0.391 e. The number of ether oxygens (including phenoxy) is 1. The van der Waals surface area contributed by atoms with E-state index in [-0.39, 0.29) is 11.6 Å². The van der Waals surface area contributed by atoms with Gasteiger partial charge in [0, 0.05) is 11.1 Å². The Bertz CT molecular complexity index is 424. The van der Waals surface area contributed by atoms with Crippen molar-refractivity contribution in [1.82, 2.24) is 4.98 Å². The van der Waals surface area contributed by atoms with Gasteiger partial charge in [-0.2, -0.15) is 0 Å². The van der Waals surface area contributed by atoms with E-state index in [1.807, 2.05) is 0 Å². The van der Waals surface area contributed by atoms with Crippen molar-refractivity contribution in [2.75, 3.05) is 0 Å². The molecule has 0 aromatic carbocycles. The third-order valence-corrected chi connectivity index (χ3v) is 2.19. The van der Waals surface area contributed by atoms with E-state index in [1.54, 1.807) is 0 Å². The lowest BCUT2D eigenvalue weighted by molar-refractivity contribution is -0.276. The Balaban J connectivity index is 3.33. The molecule has 0 aliphatic heterocycles. The van der Waals surface area contributed by atoms with Crippen LogP contribution in [0.25, 0.3) is 0 Å². The maximum Gasteiger partial charge on any atom is 0.574 e. The van der Waals surface area contributed by atoms with Crippen LogP contribution in [0.15, 0.2) is 6.07 Å². The van der Waals surface area contributed by atoms with Crippen LogP contribution in [-0.4, -0.2) is 16.5 Å². The third-order valence-electron chi connectivity index (χ3n) is 1.92. The Labute approximate surface area is 103 Å². The van der Waals surface area contributed by atoms with Gasteiger partial charge < -0.3 is 9.84 Å². The highest BCUT2D eigenvalue weighted by atomic mass is 35.5. The van der Waals surface area contributed by atoms with Gasteiger partial charge in [-0.25, -0.2) is 13.8 Å². The van der Waals surface area contributed by atoms with Crippen molar-refractivity contribution < 1.29 is 31.8 Å². The fourth-order valence-corrected chi connectivity index (χ4v) is 1.37. The summed E-state index contributed by atoms with van der Waals surface area (Å²) in [5.74, 6) is -1.47. The smallest absolute Gasteiger partial charge is 0.391 e. The average Bonchev–Trinajstić information content (AvgIpc) is 2.25. The summed E-state index contributed by atoms with van der Waals surface area (Å²) in [7, 11) is 0. The second kappa shape index (κ2) is 5.66. The molecular formula is C9H7ClF5NO2. The van der Waals surface area contributed by atoms with Gasteiger partial charge in [-0.05, 0) is 6.07 Å². The maximum atomic E-state index is 12.6. The van der Waals surface area contributed by atoms with E-state index in [1.165, 1.54) is 0 Å². The van der Waals surface area contributed by atoms with Crippen LogP contribution in [0.5, 0.6) is 5.88 Å². The third kappa shape index (κ3) is 3.67. The predicted octanol–water partition coefficient (Wildman–Crippen LogP) is 3.15. The Morgan fingerprint density at radius 3 is 2.39 bits per heavy atom. The van der Waals surface area contributed by atoms with Crippen LogP contribution in [0.2, 0.25) is 0 Å². The van der Waals surface area contributed by atoms with E-state index < -0.39 is 36.4 Å². The van der Waals surface area contributed by atoms with E-state index >= 15 is 0 Å². The summed E-state index contributed by atoms with van der Waals surface area (Å²) in [4.78, 5) is 3.32. The van der Waals surface area contributed by atoms with Gasteiger partial charge in [0.15, 0.2) is 0 Å². The molecule has 18 heavy (non-hydrogen) atoms. The van der Waals surface area contributed by atoms with Gasteiger partial charge in [-0.3, -0.25) is 0 Å². The van der Waals surface area contributed by atoms with Crippen LogP contribution in [0.4, 0.5) is 22.0 Å². The van der Waals surface area contributed by atoms with Gasteiger partial charge >= 0.3 is 6.36 Å². The topological polar surface area (TPSA) is 42.4 Å². The van der Waals surface area contributed by atoms with E-state index in [0.717, 1.165) is 6.07 Å². The van der Waals surface area contributed by atoms with Crippen LogP contribution >= 0.6 is 11.6 Å². The molecule has 1 N–H and O–H groups in total. The van der Waals surface area contributed by atoms with Crippen molar-refractivity contribution >= 4 is 11.6 Å². The quantitative estimate of drug-likeness (QED) is 0.684. The van der Waals surface area contributed by atoms with Gasteiger partial charge in [-0.15, -0.1) is 24.8 Å². The fourth-order valence-electron chi connectivity index (χ4n) is 1.24. The molecule has 1 heterocycles. The molecule has 0 aliphatic carbocycles. The summed E-state index contributed by atoms with van der Waals surface area (Å²) >= 11 is 5.34. The Morgan fingerprint density at radius 1 is 1.39 bits per heavy atom. The molecule has 0 bridgehead atoms. The zero-order valence-electron chi connectivity index (χ0n) is 8.64. The molecule has 1 rings (SSSR count). The molecule has 0 amide bonds. The number of aromatic nitrogens is 1. The van der Waals surface area contributed by atoms with Crippen molar-refractivity contribution in [2.45, 2.75) is 25.3 Å². The Kier molecular flexibility index (Phi) is 4.69. The van der Waals surface area contributed by atoms with Gasteiger partial charge in [0.2, 0.25) is 5.88 Å². The van der Waals surface area contributed by atoms with Crippen molar-refractivity contribution in [3.8, 4) is 5.88 Å². The molecular weight excluding hydrogens is 285 g/mol. The maximum absolute atomic E-state index is 12.6. The molecule has 9 heteroatoms. The van der Waals surface area contributed by atoms with E-state index in [2.05, 4.69) is 9.72 Å². The second-order valence-corrected chi connectivity index (χ2v) is 3.39. The lowest BCUT2D eigenvalue weighted by Crippen LogP contribution is -2.20. The average molecular weight is 292 g/mol. The molecule has 0 spiro atoms. The standard InChI is InChI=1S/C9H7ClF5NO2/c10-2-4-1-5(7(11)12)6(3-17)8(16-4)18-9(13,14)15/h1,7,17H,2-3H2. The predicted molar refractivity (Wildman–Crippen MR) is 51.4 cm³/mol. The molecule has 0 saturated carbocycles. The Hall–Kier alpha value is -1.15. The lowest BCUT2D eigenvalue weighted by atomic mass is 10.1. The molecule has 0 unspecified atom stereocenters. The molecule has 1 aromatic rings. The summed E-state index contributed by atoms with van der Waals surface area (Å²) in [5, 5.41) is 8.85. The SMILES string of the molecule is OCc1c(C(F)F)cc(CCl)nc1OC(F)(F)F.